The van der Waals surface area contributed by atoms with Crippen molar-refractivity contribution < 1.29 is 14.3 Å². The maximum absolute atomic E-state index is 12.3. The third-order valence-corrected chi connectivity index (χ3v) is 4.75. The van der Waals surface area contributed by atoms with Gasteiger partial charge in [0.25, 0.3) is 5.91 Å². The van der Waals surface area contributed by atoms with Crippen LogP contribution in [0.15, 0.2) is 85.2 Å². The lowest BCUT2D eigenvalue weighted by molar-refractivity contribution is -0.132. The molecule has 1 aromatic heterocycles. The number of ether oxygens (including phenoxy) is 1. The number of para-hydroxylation sites is 1. The first-order valence-corrected chi connectivity index (χ1v) is 9.91. The summed E-state index contributed by atoms with van der Waals surface area (Å²) in [5.41, 5.74) is 6.47. The molecule has 4 rings (SSSR count). The van der Waals surface area contributed by atoms with Crippen LogP contribution < -0.4 is 15.6 Å². The highest BCUT2D eigenvalue weighted by Crippen LogP contribution is 2.21. The maximum atomic E-state index is 12.3. The lowest BCUT2D eigenvalue weighted by atomic mass is 10.1. The van der Waals surface area contributed by atoms with Gasteiger partial charge in [-0.3, -0.25) is 20.4 Å². The Bertz CT molecular complexity index is 1200. The number of hydrazine groups is 1. The smallest absolute Gasteiger partial charge is 0.279 e. The number of hydrogen-bond donors (Lipinski definition) is 2. The minimum Gasteiger partial charge on any atom is -0.481 e. The largest absolute Gasteiger partial charge is 0.481 e. The van der Waals surface area contributed by atoms with E-state index in [1.807, 2.05) is 72.8 Å². The first kappa shape index (κ1) is 20.2. The topological polar surface area (TPSA) is 85.2 Å². The van der Waals surface area contributed by atoms with Gasteiger partial charge in [-0.25, -0.2) is 4.68 Å². The van der Waals surface area contributed by atoms with Gasteiger partial charge in [0.15, 0.2) is 6.10 Å². The van der Waals surface area contributed by atoms with E-state index in [0.29, 0.717) is 5.75 Å². The zero-order chi connectivity index (χ0) is 21.6. The van der Waals surface area contributed by atoms with E-state index in [4.69, 9.17) is 4.74 Å². The van der Waals surface area contributed by atoms with Crippen LogP contribution in [0.25, 0.3) is 16.5 Å². The SMILES string of the molecule is C[C@H](Oc1ccc2ccccc2c1)C(=O)NNC(=O)Cc1cnn(-c2ccccc2)c1. The fourth-order valence-corrected chi connectivity index (χ4v) is 3.13. The van der Waals surface area contributed by atoms with Gasteiger partial charge in [0.1, 0.15) is 5.75 Å². The third kappa shape index (κ3) is 5.08. The molecule has 0 aliphatic carbocycles. The van der Waals surface area contributed by atoms with Gasteiger partial charge in [0.2, 0.25) is 5.91 Å². The molecule has 4 aromatic rings. The van der Waals surface area contributed by atoms with Crippen LogP contribution in [0.3, 0.4) is 0 Å². The van der Waals surface area contributed by atoms with E-state index < -0.39 is 12.0 Å². The lowest BCUT2D eigenvalue weighted by Gasteiger charge is -2.15. The van der Waals surface area contributed by atoms with Crippen LogP contribution in [-0.4, -0.2) is 27.7 Å². The standard InChI is InChI=1S/C24H22N4O3/c1-17(31-22-12-11-19-7-5-6-8-20(19)14-22)24(30)27-26-23(29)13-18-15-25-28(16-18)21-9-3-2-4-10-21/h2-12,14-17H,13H2,1H3,(H,26,29)(H,27,30)/t17-/m0/s1. The summed E-state index contributed by atoms with van der Waals surface area (Å²) in [5, 5.41) is 6.38. The highest BCUT2D eigenvalue weighted by molar-refractivity contribution is 5.86. The van der Waals surface area contributed by atoms with Crippen molar-refractivity contribution in [2.24, 2.45) is 0 Å². The molecule has 0 fully saturated rings. The summed E-state index contributed by atoms with van der Waals surface area (Å²) < 4.78 is 7.41. The second-order valence-corrected chi connectivity index (χ2v) is 7.11. The van der Waals surface area contributed by atoms with Gasteiger partial charge in [0.05, 0.1) is 18.3 Å². The highest BCUT2D eigenvalue weighted by atomic mass is 16.5. The molecular weight excluding hydrogens is 392 g/mol. The number of rotatable bonds is 6. The Balaban J connectivity index is 1.27. The normalized spacial score (nSPS) is 11.6. The van der Waals surface area contributed by atoms with Crippen LogP contribution in [0.4, 0.5) is 0 Å². The molecule has 0 saturated heterocycles. The zero-order valence-corrected chi connectivity index (χ0v) is 17.0. The van der Waals surface area contributed by atoms with Crippen LogP contribution in [0.1, 0.15) is 12.5 Å². The number of benzene rings is 3. The van der Waals surface area contributed by atoms with Crippen molar-refractivity contribution in [1.29, 1.82) is 0 Å². The van der Waals surface area contributed by atoms with Crippen molar-refractivity contribution >= 4 is 22.6 Å². The van der Waals surface area contributed by atoms with Crippen molar-refractivity contribution in [2.75, 3.05) is 0 Å². The maximum Gasteiger partial charge on any atom is 0.279 e. The van der Waals surface area contributed by atoms with Gasteiger partial charge < -0.3 is 4.74 Å². The molecule has 7 nitrogen and oxygen atoms in total. The summed E-state index contributed by atoms with van der Waals surface area (Å²) in [7, 11) is 0. The number of carbonyl (C=O) groups is 2. The van der Waals surface area contributed by atoms with Crippen LogP contribution in [0, 0.1) is 0 Å². The summed E-state index contributed by atoms with van der Waals surface area (Å²) in [6.07, 6.45) is 2.72. The zero-order valence-electron chi connectivity index (χ0n) is 17.0. The quantitative estimate of drug-likeness (QED) is 0.475. The monoisotopic (exact) mass is 414 g/mol. The first-order valence-electron chi connectivity index (χ1n) is 9.91. The van der Waals surface area contributed by atoms with Gasteiger partial charge in [0, 0.05) is 6.20 Å². The predicted octanol–water partition coefficient (Wildman–Crippen LogP) is 3.18. The molecule has 2 amide bonds. The van der Waals surface area contributed by atoms with Gasteiger partial charge in [-0.15, -0.1) is 0 Å². The molecule has 0 radical (unpaired) electrons. The number of carbonyl (C=O) groups excluding carboxylic acids is 2. The Morgan fingerprint density at radius 1 is 0.968 bits per heavy atom. The molecule has 156 valence electrons. The van der Waals surface area contributed by atoms with Crippen molar-refractivity contribution in [1.82, 2.24) is 20.6 Å². The minimum atomic E-state index is -0.776. The van der Waals surface area contributed by atoms with Crippen molar-refractivity contribution in [3.8, 4) is 11.4 Å². The van der Waals surface area contributed by atoms with E-state index in [1.165, 1.54) is 0 Å². The van der Waals surface area contributed by atoms with Gasteiger partial charge in [-0.1, -0.05) is 48.5 Å². The van der Waals surface area contributed by atoms with Gasteiger partial charge in [-0.2, -0.15) is 5.10 Å². The van der Waals surface area contributed by atoms with E-state index in [0.717, 1.165) is 22.0 Å². The third-order valence-electron chi connectivity index (χ3n) is 4.75. The van der Waals surface area contributed by atoms with E-state index >= 15 is 0 Å². The molecule has 2 N–H and O–H groups in total. The van der Waals surface area contributed by atoms with Gasteiger partial charge in [-0.05, 0) is 47.5 Å². The highest BCUT2D eigenvalue weighted by Gasteiger charge is 2.16. The predicted molar refractivity (Wildman–Crippen MR) is 118 cm³/mol. The summed E-state index contributed by atoms with van der Waals surface area (Å²) in [4.78, 5) is 24.5. The van der Waals surface area contributed by atoms with Crippen molar-refractivity contribution in [3.05, 3.63) is 90.8 Å². The Morgan fingerprint density at radius 2 is 1.71 bits per heavy atom. The van der Waals surface area contributed by atoms with Crippen LogP contribution >= 0.6 is 0 Å². The average molecular weight is 414 g/mol. The Labute approximate surface area is 179 Å². The number of aromatic nitrogens is 2. The summed E-state index contributed by atoms with van der Waals surface area (Å²) in [5.74, 6) is -0.207. The average Bonchev–Trinajstić information content (AvgIpc) is 3.26. The second kappa shape index (κ2) is 9.13. The molecule has 0 aliphatic heterocycles. The van der Waals surface area contributed by atoms with E-state index in [2.05, 4.69) is 16.0 Å². The number of fused-ring (bicyclic) bond motifs is 1. The molecule has 0 spiro atoms. The van der Waals surface area contributed by atoms with Crippen LogP contribution in [0.5, 0.6) is 5.75 Å². The number of hydrogen-bond acceptors (Lipinski definition) is 4. The number of nitrogens with one attached hydrogen (secondary N) is 2. The summed E-state index contributed by atoms with van der Waals surface area (Å²) in [6, 6.07) is 23.1. The first-order chi connectivity index (χ1) is 15.1. The molecule has 1 atom stereocenters. The molecule has 0 bridgehead atoms. The molecular formula is C24H22N4O3. The van der Waals surface area contributed by atoms with Crippen molar-refractivity contribution in [3.63, 3.8) is 0 Å². The molecule has 0 aliphatic rings. The number of nitrogens with zero attached hydrogens (tertiary/aromatic N) is 2. The molecule has 1 heterocycles. The molecule has 3 aromatic carbocycles. The summed E-state index contributed by atoms with van der Waals surface area (Å²) in [6.45, 7) is 1.63. The van der Waals surface area contributed by atoms with E-state index in [-0.39, 0.29) is 12.3 Å². The second-order valence-electron chi connectivity index (χ2n) is 7.11. The minimum absolute atomic E-state index is 0.0903. The van der Waals surface area contributed by atoms with Crippen LogP contribution in [-0.2, 0) is 16.0 Å². The Morgan fingerprint density at radius 3 is 2.52 bits per heavy atom. The Hall–Kier alpha value is -4.13. The number of amides is 2. The van der Waals surface area contributed by atoms with E-state index in [9.17, 15) is 9.59 Å². The fourth-order valence-electron chi connectivity index (χ4n) is 3.13. The van der Waals surface area contributed by atoms with E-state index in [1.54, 1.807) is 24.0 Å². The van der Waals surface area contributed by atoms with Crippen molar-refractivity contribution in [2.45, 2.75) is 19.4 Å². The molecule has 31 heavy (non-hydrogen) atoms. The lowest BCUT2D eigenvalue weighted by Crippen LogP contribution is -2.47. The molecule has 0 unspecified atom stereocenters. The summed E-state index contributed by atoms with van der Waals surface area (Å²) >= 11 is 0. The fraction of sp³-hybridized carbons (Fsp3) is 0.125. The van der Waals surface area contributed by atoms with Crippen LogP contribution in [0.2, 0.25) is 0 Å². The molecule has 7 heteroatoms. The Kier molecular flexibility index (Phi) is 5.93. The molecule has 0 saturated carbocycles. The van der Waals surface area contributed by atoms with Gasteiger partial charge >= 0.3 is 0 Å².